The fourth-order valence-electron chi connectivity index (χ4n) is 8.21. The normalized spacial score (nSPS) is 12.0. The van der Waals surface area contributed by atoms with Crippen molar-refractivity contribution in [2.75, 3.05) is 0 Å². The Morgan fingerprint density at radius 3 is 1.44 bits per heavy atom. The summed E-state index contributed by atoms with van der Waals surface area (Å²) in [7, 11) is 0. The van der Waals surface area contributed by atoms with Crippen LogP contribution >= 0.6 is 22.7 Å². The average molecular weight is 669 g/mol. The maximum atomic E-state index is 2.43. The van der Waals surface area contributed by atoms with Gasteiger partial charge in [0.15, 0.2) is 0 Å². The van der Waals surface area contributed by atoms with Gasteiger partial charge in [0.05, 0.1) is 0 Å². The molecular weight excluding hydrogens is 641 g/mol. The van der Waals surface area contributed by atoms with Crippen molar-refractivity contribution in [3.05, 3.63) is 170 Å². The monoisotopic (exact) mass is 668 g/mol. The summed E-state index contributed by atoms with van der Waals surface area (Å²) in [5.41, 5.74) is 7.55. The number of benzene rings is 9. The molecular formula is C48H28S2. The molecule has 0 nitrogen and oxygen atoms in total. The van der Waals surface area contributed by atoms with Crippen molar-refractivity contribution < 1.29 is 0 Å². The summed E-state index contributed by atoms with van der Waals surface area (Å²) in [6.07, 6.45) is 0. The first-order valence-electron chi connectivity index (χ1n) is 17.1. The Bertz CT molecular complexity index is 3100. The standard InChI is InChI=1S/C48H28S2/c1-2-11-30-26-34(21-20-29(30)10-1)46-37-16-5-3-14-35(37)45(36-15-4-6-17-38(36)46)33-13-9-12-31(27-33)32-22-23-42-40(28-32)48-44(50-42)25-24-43-47(48)39-18-7-8-19-41(39)49-43/h1-28H. The average Bonchev–Trinajstić information content (AvgIpc) is 3.74. The smallest absolute Gasteiger partial charge is 0.0362 e. The number of fused-ring (bicyclic) bond motifs is 10. The van der Waals surface area contributed by atoms with Gasteiger partial charge in [-0.05, 0) is 108 Å². The van der Waals surface area contributed by atoms with Crippen LogP contribution in [0.4, 0.5) is 0 Å². The van der Waals surface area contributed by atoms with E-state index in [1.54, 1.807) is 0 Å². The lowest BCUT2D eigenvalue weighted by atomic mass is 9.85. The molecule has 50 heavy (non-hydrogen) atoms. The van der Waals surface area contributed by atoms with Crippen LogP contribution in [-0.4, -0.2) is 0 Å². The lowest BCUT2D eigenvalue weighted by molar-refractivity contribution is 1.63. The number of hydrogen-bond acceptors (Lipinski definition) is 2. The van der Waals surface area contributed by atoms with E-state index in [2.05, 4.69) is 170 Å². The van der Waals surface area contributed by atoms with Crippen LogP contribution in [-0.2, 0) is 0 Å². The van der Waals surface area contributed by atoms with Crippen LogP contribution in [0.3, 0.4) is 0 Å². The summed E-state index contributed by atoms with van der Waals surface area (Å²) in [6, 6.07) is 63.1. The highest BCUT2D eigenvalue weighted by Gasteiger charge is 2.18. The molecule has 11 aromatic rings. The predicted octanol–water partition coefficient (Wildman–Crippen LogP) is 14.9. The summed E-state index contributed by atoms with van der Waals surface area (Å²) < 4.78 is 5.40. The molecule has 0 aliphatic heterocycles. The van der Waals surface area contributed by atoms with E-state index in [-0.39, 0.29) is 0 Å². The van der Waals surface area contributed by atoms with Gasteiger partial charge in [0, 0.05) is 40.3 Å². The van der Waals surface area contributed by atoms with E-state index in [4.69, 9.17) is 0 Å². The zero-order valence-electron chi connectivity index (χ0n) is 27.0. The summed E-state index contributed by atoms with van der Waals surface area (Å²) >= 11 is 3.79. The summed E-state index contributed by atoms with van der Waals surface area (Å²) in [5.74, 6) is 0. The third-order valence-electron chi connectivity index (χ3n) is 10.4. The van der Waals surface area contributed by atoms with Crippen molar-refractivity contribution in [1.82, 2.24) is 0 Å². The Kier molecular flexibility index (Phi) is 6.09. The second kappa shape index (κ2) is 10.9. The summed E-state index contributed by atoms with van der Waals surface area (Å²) in [6.45, 7) is 0. The molecule has 0 amide bonds. The van der Waals surface area contributed by atoms with Gasteiger partial charge in [0.25, 0.3) is 0 Å². The number of rotatable bonds is 3. The third-order valence-corrected chi connectivity index (χ3v) is 12.7. The van der Waals surface area contributed by atoms with Gasteiger partial charge in [0.1, 0.15) is 0 Å². The molecule has 0 radical (unpaired) electrons. The SMILES string of the molecule is c1cc(-c2ccc3sc4ccc5sc6ccccc6c5c4c3c2)cc(-c2c3ccccc3c(-c3ccc4ccccc4c3)c3ccccc23)c1. The largest absolute Gasteiger partial charge is 0.135 e. The van der Waals surface area contributed by atoms with Gasteiger partial charge >= 0.3 is 0 Å². The fraction of sp³-hybridized carbons (Fsp3) is 0. The molecule has 2 heteroatoms. The molecule has 0 saturated heterocycles. The predicted molar refractivity (Wildman–Crippen MR) is 221 cm³/mol. The molecule has 9 aromatic carbocycles. The van der Waals surface area contributed by atoms with Crippen LogP contribution < -0.4 is 0 Å². The van der Waals surface area contributed by atoms with E-state index in [0.29, 0.717) is 0 Å². The molecule has 0 N–H and O–H groups in total. The van der Waals surface area contributed by atoms with Gasteiger partial charge < -0.3 is 0 Å². The van der Waals surface area contributed by atoms with Crippen LogP contribution in [0.25, 0.3) is 106 Å². The Hall–Kier alpha value is -5.80. The molecule has 0 fully saturated rings. The van der Waals surface area contributed by atoms with Crippen molar-refractivity contribution in [2.45, 2.75) is 0 Å². The molecule has 11 rings (SSSR count). The van der Waals surface area contributed by atoms with Crippen LogP contribution in [0.2, 0.25) is 0 Å². The highest BCUT2D eigenvalue weighted by atomic mass is 32.1. The van der Waals surface area contributed by atoms with Gasteiger partial charge in [0.2, 0.25) is 0 Å². The molecule has 0 unspecified atom stereocenters. The third kappa shape index (κ3) is 4.16. The van der Waals surface area contributed by atoms with E-state index < -0.39 is 0 Å². The quantitative estimate of drug-likeness (QED) is 0.164. The van der Waals surface area contributed by atoms with E-state index in [1.807, 2.05) is 22.7 Å². The van der Waals surface area contributed by atoms with Gasteiger partial charge in [-0.15, -0.1) is 22.7 Å². The van der Waals surface area contributed by atoms with E-state index in [9.17, 15) is 0 Å². The Balaban J connectivity index is 1.13. The zero-order valence-corrected chi connectivity index (χ0v) is 28.6. The maximum absolute atomic E-state index is 2.43. The molecule has 0 atom stereocenters. The highest BCUT2D eigenvalue weighted by molar-refractivity contribution is 7.28. The zero-order chi connectivity index (χ0) is 32.8. The van der Waals surface area contributed by atoms with Gasteiger partial charge in [-0.2, -0.15) is 0 Å². The molecule has 0 aliphatic rings. The first-order valence-corrected chi connectivity index (χ1v) is 18.7. The van der Waals surface area contributed by atoms with Crippen molar-refractivity contribution in [2.24, 2.45) is 0 Å². The molecule has 0 saturated carbocycles. The summed E-state index contributed by atoms with van der Waals surface area (Å²) in [4.78, 5) is 0. The molecule has 0 bridgehead atoms. The minimum Gasteiger partial charge on any atom is -0.135 e. The fourth-order valence-corrected chi connectivity index (χ4v) is 10.4. The van der Waals surface area contributed by atoms with Gasteiger partial charge in [-0.1, -0.05) is 127 Å². The maximum Gasteiger partial charge on any atom is 0.0362 e. The minimum absolute atomic E-state index is 1.23. The Morgan fingerprint density at radius 1 is 0.260 bits per heavy atom. The molecule has 2 aromatic heterocycles. The second-order valence-electron chi connectivity index (χ2n) is 13.2. The molecule has 0 spiro atoms. The highest BCUT2D eigenvalue weighted by Crippen LogP contribution is 2.47. The van der Waals surface area contributed by atoms with Crippen molar-refractivity contribution >= 4 is 95.3 Å². The summed E-state index contributed by atoms with van der Waals surface area (Å²) in [5, 5.41) is 13.1. The van der Waals surface area contributed by atoms with Gasteiger partial charge in [-0.25, -0.2) is 0 Å². The lowest BCUT2D eigenvalue weighted by Gasteiger charge is -2.18. The number of thiophene rings is 2. The van der Waals surface area contributed by atoms with Crippen LogP contribution in [0.5, 0.6) is 0 Å². The number of hydrogen-bond donors (Lipinski definition) is 0. The lowest BCUT2D eigenvalue weighted by Crippen LogP contribution is -1.91. The Labute approximate surface area is 297 Å². The van der Waals surface area contributed by atoms with Crippen molar-refractivity contribution in [3.63, 3.8) is 0 Å². The van der Waals surface area contributed by atoms with E-state index in [0.717, 1.165) is 0 Å². The van der Waals surface area contributed by atoms with Crippen LogP contribution in [0.15, 0.2) is 170 Å². The topological polar surface area (TPSA) is 0 Å². The van der Waals surface area contributed by atoms with Crippen LogP contribution in [0.1, 0.15) is 0 Å². The van der Waals surface area contributed by atoms with Crippen molar-refractivity contribution in [1.29, 1.82) is 0 Å². The van der Waals surface area contributed by atoms with E-state index >= 15 is 0 Å². The van der Waals surface area contributed by atoms with Gasteiger partial charge in [-0.3, -0.25) is 0 Å². The van der Waals surface area contributed by atoms with Crippen LogP contribution in [0, 0.1) is 0 Å². The minimum atomic E-state index is 1.23. The first-order chi connectivity index (χ1) is 24.8. The molecule has 232 valence electrons. The molecule has 2 heterocycles. The second-order valence-corrected chi connectivity index (χ2v) is 15.4. The molecule has 0 aliphatic carbocycles. The Morgan fingerprint density at radius 2 is 0.740 bits per heavy atom. The first kappa shape index (κ1) is 28.1. The van der Waals surface area contributed by atoms with Crippen molar-refractivity contribution in [3.8, 4) is 33.4 Å². The van der Waals surface area contributed by atoms with E-state index in [1.165, 1.54) is 106 Å².